The molecular formula is C16H23N5S2. The highest BCUT2D eigenvalue weighted by atomic mass is 32.2. The van der Waals surface area contributed by atoms with Gasteiger partial charge in [0, 0.05) is 29.5 Å². The molecule has 1 unspecified atom stereocenters. The molecule has 0 N–H and O–H groups in total. The molecular weight excluding hydrogens is 326 g/mol. The van der Waals surface area contributed by atoms with E-state index in [9.17, 15) is 0 Å². The molecule has 124 valence electrons. The van der Waals surface area contributed by atoms with Gasteiger partial charge in [0.2, 0.25) is 0 Å². The van der Waals surface area contributed by atoms with Gasteiger partial charge in [0.15, 0.2) is 5.82 Å². The van der Waals surface area contributed by atoms with Crippen LogP contribution in [0.4, 0.5) is 0 Å². The normalized spacial score (nSPS) is 22.3. The Morgan fingerprint density at radius 1 is 1.13 bits per heavy atom. The van der Waals surface area contributed by atoms with Gasteiger partial charge in [0.1, 0.15) is 6.04 Å². The van der Waals surface area contributed by atoms with Crippen molar-refractivity contribution in [2.75, 3.05) is 24.6 Å². The lowest BCUT2D eigenvalue weighted by Crippen LogP contribution is -2.38. The van der Waals surface area contributed by atoms with Crippen molar-refractivity contribution in [1.29, 1.82) is 0 Å². The number of thioether (sulfide) groups is 1. The summed E-state index contributed by atoms with van der Waals surface area (Å²) < 4.78 is 2.14. The van der Waals surface area contributed by atoms with E-state index in [0.717, 1.165) is 18.9 Å². The van der Waals surface area contributed by atoms with E-state index in [2.05, 4.69) is 42.6 Å². The quantitative estimate of drug-likeness (QED) is 0.847. The van der Waals surface area contributed by atoms with Gasteiger partial charge in [0.05, 0.1) is 6.04 Å². The van der Waals surface area contributed by atoms with Crippen LogP contribution in [0.15, 0.2) is 17.5 Å². The van der Waals surface area contributed by atoms with E-state index in [4.69, 9.17) is 0 Å². The van der Waals surface area contributed by atoms with E-state index in [-0.39, 0.29) is 6.04 Å². The number of hydrogen-bond acceptors (Lipinski definition) is 6. The lowest BCUT2D eigenvalue weighted by molar-refractivity contribution is 0.225. The second kappa shape index (κ2) is 7.32. The lowest BCUT2D eigenvalue weighted by atomic mass is 9.95. The average molecular weight is 350 g/mol. The van der Waals surface area contributed by atoms with Crippen LogP contribution in [-0.4, -0.2) is 49.7 Å². The molecule has 2 fully saturated rings. The second-order valence-corrected chi connectivity index (χ2v) is 8.54. The predicted molar refractivity (Wildman–Crippen MR) is 95.0 cm³/mol. The van der Waals surface area contributed by atoms with Gasteiger partial charge in [-0.3, -0.25) is 4.90 Å². The lowest BCUT2D eigenvalue weighted by Gasteiger charge is -2.34. The number of rotatable bonds is 4. The Morgan fingerprint density at radius 2 is 1.96 bits per heavy atom. The Morgan fingerprint density at radius 3 is 2.70 bits per heavy atom. The van der Waals surface area contributed by atoms with Crippen molar-refractivity contribution < 1.29 is 0 Å². The Hall–Kier alpha value is -0.920. The minimum atomic E-state index is 0.216. The highest BCUT2D eigenvalue weighted by Gasteiger charge is 2.32. The van der Waals surface area contributed by atoms with Gasteiger partial charge in [-0.2, -0.15) is 11.8 Å². The third kappa shape index (κ3) is 3.32. The molecule has 23 heavy (non-hydrogen) atoms. The predicted octanol–water partition coefficient (Wildman–Crippen LogP) is 3.38. The largest absolute Gasteiger partial charge is 0.287 e. The van der Waals surface area contributed by atoms with Crippen LogP contribution in [0.2, 0.25) is 0 Å². The molecule has 0 bridgehead atoms. The molecule has 5 nitrogen and oxygen atoms in total. The maximum Gasteiger partial charge on any atom is 0.174 e. The summed E-state index contributed by atoms with van der Waals surface area (Å²) in [7, 11) is 0. The highest BCUT2D eigenvalue weighted by Crippen LogP contribution is 2.35. The van der Waals surface area contributed by atoms with Crippen LogP contribution in [0.25, 0.3) is 0 Å². The summed E-state index contributed by atoms with van der Waals surface area (Å²) in [4.78, 5) is 3.93. The summed E-state index contributed by atoms with van der Waals surface area (Å²) in [5.41, 5.74) is 0. The molecule has 0 amide bonds. The van der Waals surface area contributed by atoms with E-state index in [1.807, 2.05) is 23.1 Å². The zero-order valence-electron chi connectivity index (χ0n) is 13.3. The summed E-state index contributed by atoms with van der Waals surface area (Å²) in [6, 6.07) is 5.07. The first-order valence-electron chi connectivity index (χ1n) is 8.56. The molecule has 1 aliphatic carbocycles. The monoisotopic (exact) mass is 349 g/mol. The molecule has 4 rings (SSSR count). The number of thiophene rings is 1. The van der Waals surface area contributed by atoms with Gasteiger partial charge in [-0.25, -0.2) is 4.68 Å². The van der Waals surface area contributed by atoms with Crippen molar-refractivity contribution in [3.63, 3.8) is 0 Å². The molecule has 1 saturated carbocycles. The van der Waals surface area contributed by atoms with Crippen LogP contribution in [0, 0.1) is 0 Å². The van der Waals surface area contributed by atoms with Crippen molar-refractivity contribution in [3.05, 3.63) is 28.2 Å². The third-order valence-corrected chi connectivity index (χ3v) is 6.77. The smallest absolute Gasteiger partial charge is 0.174 e. The van der Waals surface area contributed by atoms with Gasteiger partial charge >= 0.3 is 0 Å². The molecule has 2 aromatic rings. The van der Waals surface area contributed by atoms with Crippen LogP contribution in [0.1, 0.15) is 54.9 Å². The molecule has 1 aliphatic heterocycles. The molecule has 1 atom stereocenters. The summed E-state index contributed by atoms with van der Waals surface area (Å²) in [5, 5.41) is 15.1. The number of tetrazole rings is 1. The Labute approximate surface area is 145 Å². The van der Waals surface area contributed by atoms with Crippen molar-refractivity contribution in [2.45, 2.75) is 44.2 Å². The van der Waals surface area contributed by atoms with E-state index in [1.54, 1.807) is 0 Å². The standard InChI is InChI=1S/C16H23N5S2/c1-2-5-13(6-3-1)21-16(17-18-19-21)15(14-7-4-10-23-14)20-8-11-22-12-9-20/h4,7,10,13,15H,1-3,5-6,8-9,11-12H2. The van der Waals surface area contributed by atoms with Crippen molar-refractivity contribution in [1.82, 2.24) is 25.1 Å². The van der Waals surface area contributed by atoms with Crippen molar-refractivity contribution in [2.24, 2.45) is 0 Å². The van der Waals surface area contributed by atoms with Crippen LogP contribution >= 0.6 is 23.1 Å². The van der Waals surface area contributed by atoms with E-state index in [1.165, 1.54) is 48.5 Å². The Kier molecular flexibility index (Phi) is 4.96. The molecule has 2 aliphatic rings. The summed E-state index contributed by atoms with van der Waals surface area (Å²) in [5.74, 6) is 3.45. The maximum absolute atomic E-state index is 4.48. The van der Waals surface area contributed by atoms with E-state index in [0.29, 0.717) is 6.04 Å². The topological polar surface area (TPSA) is 46.8 Å². The molecule has 3 heterocycles. The fraction of sp³-hybridized carbons (Fsp3) is 0.688. The maximum atomic E-state index is 4.48. The van der Waals surface area contributed by atoms with Gasteiger partial charge < -0.3 is 0 Å². The van der Waals surface area contributed by atoms with Crippen LogP contribution in [0.5, 0.6) is 0 Å². The molecule has 0 aromatic carbocycles. The fourth-order valence-corrected chi connectivity index (χ4v) is 5.51. The minimum absolute atomic E-state index is 0.216. The number of aromatic nitrogens is 4. The summed E-state index contributed by atoms with van der Waals surface area (Å²) >= 11 is 3.87. The molecule has 0 spiro atoms. The first kappa shape index (κ1) is 15.6. The van der Waals surface area contributed by atoms with E-state index >= 15 is 0 Å². The zero-order valence-corrected chi connectivity index (χ0v) is 14.9. The fourth-order valence-electron chi connectivity index (χ4n) is 3.72. The number of nitrogens with zero attached hydrogens (tertiary/aromatic N) is 5. The minimum Gasteiger partial charge on any atom is -0.287 e. The van der Waals surface area contributed by atoms with Gasteiger partial charge in [-0.1, -0.05) is 25.3 Å². The Bertz CT molecular complexity index is 600. The Balaban J connectivity index is 1.67. The van der Waals surface area contributed by atoms with Crippen molar-refractivity contribution in [3.8, 4) is 0 Å². The van der Waals surface area contributed by atoms with Gasteiger partial charge in [-0.05, 0) is 34.7 Å². The van der Waals surface area contributed by atoms with Crippen LogP contribution < -0.4 is 0 Å². The SMILES string of the molecule is c1csc(C(c2nnnn2C2CCCCC2)N2CCSCC2)c1. The highest BCUT2D eigenvalue weighted by molar-refractivity contribution is 7.99. The molecule has 2 aromatic heterocycles. The molecule has 0 radical (unpaired) electrons. The second-order valence-electron chi connectivity index (χ2n) is 6.34. The first-order chi connectivity index (χ1) is 11.4. The van der Waals surface area contributed by atoms with Gasteiger partial charge in [0.25, 0.3) is 0 Å². The van der Waals surface area contributed by atoms with Crippen molar-refractivity contribution >= 4 is 23.1 Å². The first-order valence-corrected chi connectivity index (χ1v) is 10.6. The summed E-state index contributed by atoms with van der Waals surface area (Å²) in [6.45, 7) is 2.23. The number of hydrogen-bond donors (Lipinski definition) is 0. The van der Waals surface area contributed by atoms with Crippen LogP contribution in [0.3, 0.4) is 0 Å². The third-order valence-electron chi connectivity index (χ3n) is 4.91. The zero-order chi connectivity index (χ0) is 15.5. The van der Waals surface area contributed by atoms with Crippen LogP contribution in [-0.2, 0) is 0 Å². The molecule has 7 heteroatoms. The molecule has 1 saturated heterocycles. The van der Waals surface area contributed by atoms with E-state index < -0.39 is 0 Å². The van der Waals surface area contributed by atoms with Gasteiger partial charge in [-0.15, -0.1) is 16.4 Å². The average Bonchev–Trinajstić information content (AvgIpc) is 3.30. The summed E-state index contributed by atoms with van der Waals surface area (Å²) in [6.07, 6.45) is 6.38.